The summed E-state index contributed by atoms with van der Waals surface area (Å²) >= 11 is 0. The first-order valence-electron chi connectivity index (χ1n) is 7.14. The van der Waals surface area contributed by atoms with Gasteiger partial charge in [-0.05, 0) is 39.0 Å². The maximum Gasteiger partial charge on any atom is 0.290 e. The molecule has 0 saturated carbocycles. The lowest BCUT2D eigenvalue weighted by Gasteiger charge is -2.06. The molecular weight excluding hydrogens is 296 g/mol. The summed E-state index contributed by atoms with van der Waals surface area (Å²) in [5, 5.41) is 21.0. The van der Waals surface area contributed by atoms with Crippen molar-refractivity contribution in [2.75, 3.05) is 5.32 Å². The molecule has 1 amide bonds. The van der Waals surface area contributed by atoms with E-state index in [2.05, 4.69) is 31.0 Å². The van der Waals surface area contributed by atoms with Gasteiger partial charge in [-0.3, -0.25) is 4.79 Å². The number of tetrazole rings is 1. The highest BCUT2D eigenvalue weighted by atomic mass is 16.1. The molecule has 3 aromatic rings. The lowest BCUT2D eigenvalue weighted by molar-refractivity contribution is 0.102. The van der Waals surface area contributed by atoms with E-state index < -0.39 is 0 Å². The van der Waals surface area contributed by atoms with Gasteiger partial charge in [0.25, 0.3) is 11.9 Å². The average Bonchev–Trinajstić information content (AvgIpc) is 3.19. The zero-order chi connectivity index (χ0) is 16.7. The Labute approximate surface area is 132 Å². The predicted molar refractivity (Wildman–Crippen MR) is 83.6 cm³/mol. The van der Waals surface area contributed by atoms with Crippen LogP contribution in [-0.4, -0.2) is 40.9 Å². The Kier molecular flexibility index (Phi) is 3.47. The number of carbonyl (C=O) groups excluding carboxylic acids is 1. The number of hydrogen-bond acceptors (Lipinski definition) is 5. The van der Waals surface area contributed by atoms with Gasteiger partial charge in [-0.25, -0.2) is 0 Å². The van der Waals surface area contributed by atoms with E-state index in [1.807, 2.05) is 45.4 Å². The van der Waals surface area contributed by atoms with E-state index in [0.717, 1.165) is 17.1 Å². The molecule has 2 N–H and O–H groups in total. The summed E-state index contributed by atoms with van der Waals surface area (Å²) in [5.74, 6) is 0.169. The summed E-state index contributed by atoms with van der Waals surface area (Å²) in [6.07, 6.45) is 0. The molecule has 0 fully saturated rings. The maximum absolute atomic E-state index is 12.6. The van der Waals surface area contributed by atoms with E-state index in [-0.39, 0.29) is 5.91 Å². The molecule has 0 radical (unpaired) electrons. The monoisotopic (exact) mass is 314 g/mol. The number of nitrogens with zero attached hydrogens (tertiary/aromatic N) is 6. The number of aryl methyl sites for hydroxylation is 2. The van der Waals surface area contributed by atoms with Crippen molar-refractivity contribution in [3.05, 3.63) is 34.4 Å². The second-order valence-electron chi connectivity index (χ2n) is 5.47. The Morgan fingerprint density at radius 1 is 1.22 bits per heavy atom. The van der Waals surface area contributed by atoms with Crippen LogP contribution in [-0.2, 0) is 7.05 Å². The lowest BCUT2D eigenvalue weighted by Crippen LogP contribution is -2.14. The number of nitrogens with one attached hydrogen (secondary N) is 2. The van der Waals surface area contributed by atoms with E-state index in [1.54, 1.807) is 0 Å². The molecule has 9 nitrogen and oxygen atoms in total. The van der Waals surface area contributed by atoms with E-state index in [1.165, 1.54) is 4.68 Å². The molecule has 3 heterocycles. The minimum absolute atomic E-state index is 0.162. The molecule has 0 aliphatic heterocycles. The Morgan fingerprint density at radius 3 is 2.52 bits per heavy atom. The van der Waals surface area contributed by atoms with Crippen LogP contribution in [0.4, 0.5) is 5.69 Å². The summed E-state index contributed by atoms with van der Waals surface area (Å²) < 4.78 is 3.52. The van der Waals surface area contributed by atoms with Crippen LogP contribution in [0, 0.1) is 27.7 Å². The van der Waals surface area contributed by atoms with Crippen molar-refractivity contribution in [3.63, 3.8) is 0 Å². The number of anilines is 1. The second-order valence-corrected chi connectivity index (χ2v) is 5.47. The molecule has 0 atom stereocenters. The first-order chi connectivity index (χ1) is 10.9. The highest BCUT2D eigenvalue weighted by molar-refractivity contribution is 6.05. The average molecular weight is 314 g/mol. The molecule has 0 spiro atoms. The number of rotatable bonds is 3. The molecule has 0 aromatic carbocycles. The van der Waals surface area contributed by atoms with Crippen molar-refractivity contribution in [3.8, 4) is 5.95 Å². The summed E-state index contributed by atoms with van der Waals surface area (Å²) in [5.41, 5.74) is 4.68. The molecule has 0 aliphatic rings. The van der Waals surface area contributed by atoms with E-state index in [4.69, 9.17) is 0 Å². The topological polar surface area (TPSA) is 106 Å². The van der Waals surface area contributed by atoms with Gasteiger partial charge in [-0.15, -0.1) is 5.10 Å². The first-order valence-corrected chi connectivity index (χ1v) is 7.14. The third-order valence-electron chi connectivity index (χ3n) is 4.07. The van der Waals surface area contributed by atoms with Crippen molar-refractivity contribution in [2.24, 2.45) is 7.05 Å². The number of hydrogen-bond donors (Lipinski definition) is 2. The number of aromatic amines is 1. The highest BCUT2D eigenvalue weighted by Crippen LogP contribution is 2.23. The Bertz CT molecular complexity index is 871. The third kappa shape index (κ3) is 2.39. The zero-order valence-electron chi connectivity index (χ0n) is 13.7. The van der Waals surface area contributed by atoms with Crippen molar-refractivity contribution in [2.45, 2.75) is 27.7 Å². The van der Waals surface area contributed by atoms with Crippen molar-refractivity contribution in [1.82, 2.24) is 35.0 Å². The minimum Gasteiger partial charge on any atom is -0.351 e. The fraction of sp³-hybridized carbons (Fsp3) is 0.357. The normalized spacial score (nSPS) is 11.0. The number of aromatic nitrogens is 7. The first kappa shape index (κ1) is 14.9. The zero-order valence-corrected chi connectivity index (χ0v) is 13.7. The molecule has 0 aliphatic carbocycles. The second kappa shape index (κ2) is 5.34. The lowest BCUT2D eigenvalue weighted by atomic mass is 10.2. The van der Waals surface area contributed by atoms with Crippen LogP contribution in [0.1, 0.15) is 33.1 Å². The Balaban J connectivity index is 1.94. The maximum atomic E-state index is 12.6. The van der Waals surface area contributed by atoms with Gasteiger partial charge in [0, 0.05) is 18.4 Å². The SMILES string of the molecule is Cc1nn(-c2nn[nH]n2)c(C)c1NC(=O)c1cc(C)n(C)c1C. The van der Waals surface area contributed by atoms with Crippen molar-refractivity contribution in [1.29, 1.82) is 0 Å². The van der Waals surface area contributed by atoms with Gasteiger partial charge in [-0.2, -0.15) is 15.0 Å². The summed E-state index contributed by atoms with van der Waals surface area (Å²) in [6, 6.07) is 1.87. The molecule has 0 unspecified atom stereocenters. The summed E-state index contributed by atoms with van der Waals surface area (Å²) in [7, 11) is 1.94. The molecule has 0 bridgehead atoms. The van der Waals surface area contributed by atoms with Gasteiger partial charge in [0.15, 0.2) is 0 Å². The standard InChI is InChI=1S/C14H18N8O/c1-7-6-11(9(3)21(7)5)13(23)15-12-8(2)18-22(10(12)4)14-16-19-20-17-14/h6H,1-5H3,(H,15,23)(H,16,17,19,20). The Morgan fingerprint density at radius 2 is 1.96 bits per heavy atom. The largest absolute Gasteiger partial charge is 0.351 e. The quantitative estimate of drug-likeness (QED) is 0.755. The van der Waals surface area contributed by atoms with Gasteiger partial charge in [0.05, 0.1) is 22.6 Å². The van der Waals surface area contributed by atoms with E-state index >= 15 is 0 Å². The van der Waals surface area contributed by atoms with Gasteiger partial charge >= 0.3 is 0 Å². The van der Waals surface area contributed by atoms with Crippen molar-refractivity contribution < 1.29 is 4.79 Å². The molecule has 120 valence electrons. The number of amides is 1. The number of carbonyl (C=O) groups is 1. The minimum atomic E-state index is -0.162. The van der Waals surface area contributed by atoms with Gasteiger partial charge < -0.3 is 9.88 Å². The summed E-state index contributed by atoms with van der Waals surface area (Å²) in [6.45, 7) is 7.55. The Hall–Kier alpha value is -2.97. The van der Waals surface area contributed by atoms with Crippen LogP contribution in [0.3, 0.4) is 0 Å². The molecular formula is C14H18N8O. The molecule has 23 heavy (non-hydrogen) atoms. The number of H-pyrrole nitrogens is 1. The fourth-order valence-corrected chi connectivity index (χ4v) is 2.53. The van der Waals surface area contributed by atoms with Crippen LogP contribution in [0.2, 0.25) is 0 Å². The van der Waals surface area contributed by atoms with Gasteiger partial charge in [-0.1, -0.05) is 5.10 Å². The fourth-order valence-electron chi connectivity index (χ4n) is 2.53. The van der Waals surface area contributed by atoms with E-state index in [9.17, 15) is 4.79 Å². The van der Waals surface area contributed by atoms with Gasteiger partial charge in [0.2, 0.25) is 0 Å². The highest BCUT2D eigenvalue weighted by Gasteiger charge is 2.20. The molecule has 9 heteroatoms. The van der Waals surface area contributed by atoms with Crippen LogP contribution in [0.25, 0.3) is 5.95 Å². The smallest absolute Gasteiger partial charge is 0.290 e. The van der Waals surface area contributed by atoms with Crippen molar-refractivity contribution >= 4 is 11.6 Å². The molecule has 3 rings (SSSR count). The predicted octanol–water partition coefficient (Wildman–Crippen LogP) is 1.21. The van der Waals surface area contributed by atoms with Crippen LogP contribution < -0.4 is 5.32 Å². The van der Waals surface area contributed by atoms with Crippen LogP contribution in [0.15, 0.2) is 6.07 Å². The summed E-state index contributed by atoms with van der Waals surface area (Å²) in [4.78, 5) is 12.6. The molecule has 0 saturated heterocycles. The van der Waals surface area contributed by atoms with E-state index in [0.29, 0.717) is 22.9 Å². The van der Waals surface area contributed by atoms with Crippen LogP contribution >= 0.6 is 0 Å². The third-order valence-corrected chi connectivity index (χ3v) is 4.07. The van der Waals surface area contributed by atoms with Crippen LogP contribution in [0.5, 0.6) is 0 Å². The van der Waals surface area contributed by atoms with Gasteiger partial charge in [0.1, 0.15) is 0 Å². The molecule has 3 aromatic heterocycles.